The molecule has 3 heteroatoms. The molecule has 0 fully saturated rings. The van der Waals surface area contributed by atoms with Crippen LogP contribution in [0.2, 0.25) is 0 Å². The first kappa shape index (κ1) is 13.4. The van der Waals surface area contributed by atoms with Crippen LogP contribution in [0.25, 0.3) is 0 Å². The van der Waals surface area contributed by atoms with Gasteiger partial charge in [-0.15, -0.1) is 11.3 Å². The zero-order chi connectivity index (χ0) is 13.0. The van der Waals surface area contributed by atoms with Crippen LogP contribution >= 0.6 is 11.3 Å². The number of hydrogen-bond donors (Lipinski definition) is 1. The van der Waals surface area contributed by atoms with Gasteiger partial charge in [0.2, 0.25) is 0 Å². The van der Waals surface area contributed by atoms with Crippen molar-refractivity contribution < 1.29 is 0 Å². The van der Waals surface area contributed by atoms with Crippen molar-refractivity contribution in [2.45, 2.75) is 46.3 Å². The number of hydrogen-bond acceptors (Lipinski definition) is 2. The van der Waals surface area contributed by atoms with Crippen molar-refractivity contribution in [2.24, 2.45) is 0 Å². The highest BCUT2D eigenvalue weighted by Crippen LogP contribution is 2.18. The summed E-state index contributed by atoms with van der Waals surface area (Å²) in [5, 5.41) is 3.44. The lowest BCUT2D eigenvalue weighted by Crippen LogP contribution is -2.21. The topological polar surface area (TPSA) is 17.0 Å². The molecule has 0 amide bonds. The third kappa shape index (κ3) is 3.72. The fraction of sp³-hybridized carbons (Fsp3) is 0.467. The number of thiophene rings is 1. The molecule has 0 saturated carbocycles. The summed E-state index contributed by atoms with van der Waals surface area (Å²) < 4.78 is 2.27. The van der Waals surface area contributed by atoms with Crippen molar-refractivity contribution in [1.82, 2.24) is 9.88 Å². The van der Waals surface area contributed by atoms with Crippen molar-refractivity contribution in [3.63, 3.8) is 0 Å². The Hall–Kier alpha value is -1.06. The molecule has 0 aromatic carbocycles. The summed E-state index contributed by atoms with van der Waals surface area (Å²) in [7, 11) is 0. The predicted octanol–water partition coefficient (Wildman–Crippen LogP) is 3.66. The molecule has 0 spiro atoms. The van der Waals surface area contributed by atoms with Gasteiger partial charge >= 0.3 is 0 Å². The molecule has 2 aromatic heterocycles. The Labute approximate surface area is 114 Å². The molecule has 2 nitrogen and oxygen atoms in total. The van der Waals surface area contributed by atoms with Gasteiger partial charge in [-0.3, -0.25) is 0 Å². The summed E-state index contributed by atoms with van der Waals surface area (Å²) in [6.07, 6.45) is 5.54. The minimum Gasteiger partial charge on any atom is -0.349 e. The lowest BCUT2D eigenvalue weighted by Gasteiger charge is -2.05. The zero-order valence-electron chi connectivity index (χ0n) is 11.4. The maximum atomic E-state index is 3.44. The van der Waals surface area contributed by atoms with Crippen LogP contribution in [0.5, 0.6) is 0 Å². The van der Waals surface area contributed by atoms with Crippen LogP contribution in [-0.4, -0.2) is 10.6 Å². The van der Waals surface area contributed by atoms with Crippen molar-refractivity contribution in [2.75, 3.05) is 0 Å². The van der Waals surface area contributed by atoms with Crippen LogP contribution in [0.1, 0.15) is 36.1 Å². The van der Waals surface area contributed by atoms with E-state index >= 15 is 0 Å². The SMILES string of the molecule is CCc1ccc(Cn2ccc(CNC(C)C)c2)s1. The Balaban J connectivity index is 1.93. The lowest BCUT2D eigenvalue weighted by atomic mass is 10.3. The summed E-state index contributed by atoms with van der Waals surface area (Å²) in [6, 6.07) is 7.22. The van der Waals surface area contributed by atoms with E-state index in [0.29, 0.717) is 6.04 Å². The zero-order valence-corrected chi connectivity index (χ0v) is 12.3. The number of nitrogens with one attached hydrogen (secondary N) is 1. The number of nitrogens with zero attached hydrogens (tertiary/aromatic N) is 1. The molecule has 0 aliphatic rings. The molecule has 0 saturated heterocycles. The van der Waals surface area contributed by atoms with E-state index < -0.39 is 0 Å². The minimum absolute atomic E-state index is 0.540. The average molecular weight is 262 g/mol. The molecular weight excluding hydrogens is 240 g/mol. The first-order valence-electron chi connectivity index (χ1n) is 6.63. The second-order valence-corrected chi connectivity index (χ2v) is 6.20. The summed E-state index contributed by atoms with van der Waals surface area (Å²) in [5.41, 5.74) is 1.36. The van der Waals surface area contributed by atoms with Crippen LogP contribution < -0.4 is 5.32 Å². The normalized spacial score (nSPS) is 11.3. The van der Waals surface area contributed by atoms with Crippen molar-refractivity contribution in [1.29, 1.82) is 0 Å². The second kappa shape index (κ2) is 6.21. The average Bonchev–Trinajstić information content (AvgIpc) is 2.96. The summed E-state index contributed by atoms with van der Waals surface area (Å²) >= 11 is 1.92. The Morgan fingerprint density at radius 3 is 2.67 bits per heavy atom. The summed E-state index contributed by atoms with van der Waals surface area (Å²) in [5.74, 6) is 0. The largest absolute Gasteiger partial charge is 0.349 e. The third-order valence-corrected chi connectivity index (χ3v) is 4.14. The molecule has 98 valence electrons. The van der Waals surface area contributed by atoms with Crippen LogP contribution in [0.15, 0.2) is 30.6 Å². The van der Waals surface area contributed by atoms with Crippen LogP contribution in [0, 0.1) is 0 Å². The first-order valence-corrected chi connectivity index (χ1v) is 7.44. The van der Waals surface area contributed by atoms with Crippen molar-refractivity contribution in [3.8, 4) is 0 Å². The molecule has 2 heterocycles. The standard InChI is InChI=1S/C15H22N2S/c1-4-14-5-6-15(18-14)11-17-8-7-13(10-17)9-16-12(2)3/h5-8,10,12,16H,4,9,11H2,1-3H3. The molecule has 18 heavy (non-hydrogen) atoms. The molecule has 0 bridgehead atoms. The van der Waals surface area contributed by atoms with E-state index in [-0.39, 0.29) is 0 Å². The maximum absolute atomic E-state index is 3.44. The van der Waals surface area contributed by atoms with E-state index in [1.54, 1.807) is 0 Å². The van der Waals surface area contributed by atoms with Crippen LogP contribution in [0.4, 0.5) is 0 Å². The highest BCUT2D eigenvalue weighted by Gasteiger charge is 2.02. The van der Waals surface area contributed by atoms with Gasteiger partial charge in [-0.2, -0.15) is 0 Å². The van der Waals surface area contributed by atoms with Gasteiger partial charge in [-0.25, -0.2) is 0 Å². The highest BCUT2D eigenvalue weighted by molar-refractivity contribution is 7.11. The van der Waals surface area contributed by atoms with Gasteiger partial charge in [0.1, 0.15) is 0 Å². The molecule has 0 aliphatic carbocycles. The Kier molecular flexibility index (Phi) is 4.61. The third-order valence-electron chi connectivity index (χ3n) is 2.93. The molecule has 2 aromatic rings. The van der Waals surface area contributed by atoms with Gasteiger partial charge < -0.3 is 9.88 Å². The monoisotopic (exact) mass is 262 g/mol. The number of aryl methyl sites for hydroxylation is 1. The number of aromatic nitrogens is 1. The van der Waals surface area contributed by atoms with Crippen molar-refractivity contribution in [3.05, 3.63) is 45.9 Å². The molecule has 0 radical (unpaired) electrons. The van der Waals surface area contributed by atoms with Crippen LogP contribution in [0.3, 0.4) is 0 Å². The lowest BCUT2D eigenvalue weighted by molar-refractivity contribution is 0.588. The molecule has 2 rings (SSSR count). The fourth-order valence-corrected chi connectivity index (χ4v) is 2.86. The summed E-state index contributed by atoms with van der Waals surface area (Å²) in [6.45, 7) is 8.51. The quantitative estimate of drug-likeness (QED) is 0.840. The minimum atomic E-state index is 0.540. The van der Waals surface area contributed by atoms with Gasteiger partial charge in [-0.1, -0.05) is 20.8 Å². The van der Waals surface area contributed by atoms with Gasteiger partial charge in [0, 0.05) is 34.7 Å². The molecule has 1 N–H and O–H groups in total. The highest BCUT2D eigenvalue weighted by atomic mass is 32.1. The predicted molar refractivity (Wildman–Crippen MR) is 79.2 cm³/mol. The van der Waals surface area contributed by atoms with Crippen molar-refractivity contribution >= 4 is 11.3 Å². The van der Waals surface area contributed by atoms with Crippen LogP contribution in [-0.2, 0) is 19.5 Å². The van der Waals surface area contributed by atoms with Gasteiger partial charge in [0.25, 0.3) is 0 Å². The van der Waals surface area contributed by atoms with E-state index in [4.69, 9.17) is 0 Å². The molecule has 0 aliphatic heterocycles. The van der Waals surface area contributed by atoms with E-state index in [2.05, 4.69) is 61.2 Å². The van der Waals surface area contributed by atoms with E-state index in [9.17, 15) is 0 Å². The summed E-state index contributed by atoms with van der Waals surface area (Å²) in [4.78, 5) is 2.91. The van der Waals surface area contributed by atoms with E-state index in [1.165, 1.54) is 15.3 Å². The van der Waals surface area contributed by atoms with E-state index in [0.717, 1.165) is 19.5 Å². The van der Waals surface area contributed by atoms with Gasteiger partial charge in [-0.05, 0) is 30.2 Å². The smallest absolute Gasteiger partial charge is 0.0563 e. The molecule has 0 unspecified atom stereocenters. The van der Waals surface area contributed by atoms with Gasteiger partial charge in [0.05, 0.1) is 6.54 Å². The second-order valence-electron chi connectivity index (χ2n) is 4.95. The number of rotatable bonds is 6. The fourth-order valence-electron chi connectivity index (χ4n) is 1.89. The van der Waals surface area contributed by atoms with E-state index in [1.807, 2.05) is 11.3 Å². The Bertz CT molecular complexity index is 482. The Morgan fingerprint density at radius 2 is 2.00 bits per heavy atom. The Morgan fingerprint density at radius 1 is 1.22 bits per heavy atom. The molecular formula is C15H22N2S. The molecule has 0 atom stereocenters. The first-order chi connectivity index (χ1) is 8.67. The maximum Gasteiger partial charge on any atom is 0.0563 e. The van der Waals surface area contributed by atoms with Gasteiger partial charge in [0.15, 0.2) is 0 Å².